The topological polar surface area (TPSA) is 198 Å². The Labute approximate surface area is 381 Å². The monoisotopic (exact) mass is 930 g/mol. The Morgan fingerprint density at radius 3 is 1.34 bits per heavy atom. The van der Waals surface area contributed by atoms with Gasteiger partial charge in [0.25, 0.3) is 11.8 Å². The van der Waals surface area contributed by atoms with Crippen molar-refractivity contribution in [3.63, 3.8) is 0 Å². The molecule has 0 saturated carbocycles. The summed E-state index contributed by atoms with van der Waals surface area (Å²) in [6.07, 6.45) is -0.607. The highest BCUT2D eigenvalue weighted by atomic mass is 35.5. The van der Waals surface area contributed by atoms with Gasteiger partial charge in [0.15, 0.2) is 0 Å². The van der Waals surface area contributed by atoms with Gasteiger partial charge in [-0.3, -0.25) is 29.3 Å². The Bertz CT molecular complexity index is 2420. The van der Waals surface area contributed by atoms with Crippen molar-refractivity contribution in [2.45, 2.75) is 118 Å². The Kier molecular flexibility index (Phi) is 16.9. The molecule has 0 bridgehead atoms. The van der Waals surface area contributed by atoms with Crippen LogP contribution in [0.1, 0.15) is 115 Å². The van der Waals surface area contributed by atoms with E-state index in [9.17, 15) is 38.1 Å². The van der Waals surface area contributed by atoms with Gasteiger partial charge in [0, 0.05) is 51.5 Å². The van der Waals surface area contributed by atoms with Crippen molar-refractivity contribution in [1.82, 2.24) is 10.6 Å². The molecule has 0 aromatic heterocycles. The smallest absolute Gasteiger partial charge is 0.312 e. The molecule has 0 heterocycles. The summed E-state index contributed by atoms with van der Waals surface area (Å²) in [5, 5.41) is 17.2. The van der Waals surface area contributed by atoms with Crippen LogP contribution >= 0.6 is 23.2 Å². The zero-order chi connectivity index (χ0) is 48.7. The first-order chi connectivity index (χ1) is 29.2. The fourth-order valence-electron chi connectivity index (χ4n) is 5.37. The Hall–Kier alpha value is -6.00. The maximum Gasteiger partial charge on any atom is 0.312 e. The minimum atomic E-state index is -0.788. The van der Waals surface area contributed by atoms with Crippen LogP contribution in [0.25, 0.3) is 0 Å². The molecule has 0 aliphatic carbocycles. The van der Waals surface area contributed by atoms with Gasteiger partial charge in [-0.1, -0.05) is 23.2 Å². The van der Waals surface area contributed by atoms with E-state index in [1.54, 1.807) is 68.4 Å². The number of carbonyl (C=O) groups excluding carboxylic acids is 4. The van der Waals surface area contributed by atoms with Crippen LogP contribution in [0.4, 0.5) is 20.2 Å². The lowest BCUT2D eigenvalue weighted by atomic mass is 10.1. The van der Waals surface area contributed by atoms with Gasteiger partial charge in [0.2, 0.25) is 5.75 Å². The van der Waals surface area contributed by atoms with Crippen LogP contribution in [0, 0.1) is 21.7 Å². The number of rotatable bonds is 11. The van der Waals surface area contributed by atoms with Crippen molar-refractivity contribution < 1.29 is 51.8 Å². The molecule has 4 aromatic carbocycles. The molecular formula is C46H54Cl2F2N4O10. The average Bonchev–Trinajstić information content (AvgIpc) is 3.10. The number of amides is 2. The van der Waals surface area contributed by atoms with Crippen molar-refractivity contribution in [2.75, 3.05) is 5.73 Å². The van der Waals surface area contributed by atoms with Crippen molar-refractivity contribution in [2.24, 2.45) is 0 Å². The molecule has 0 aliphatic heterocycles. The van der Waals surface area contributed by atoms with Crippen LogP contribution in [-0.4, -0.2) is 51.0 Å². The number of nitrogens with two attached hydrogens (primary N) is 1. The van der Waals surface area contributed by atoms with E-state index in [1.165, 1.54) is 36.4 Å². The normalized spacial score (nSPS) is 11.7. The predicted molar refractivity (Wildman–Crippen MR) is 240 cm³/mol. The predicted octanol–water partition coefficient (Wildman–Crippen LogP) is 10.9. The van der Waals surface area contributed by atoms with Crippen molar-refractivity contribution in [3.8, 4) is 23.0 Å². The molecule has 0 atom stereocenters. The number of nitrogen functional groups attached to an aromatic ring is 1. The van der Waals surface area contributed by atoms with E-state index in [1.807, 2.05) is 20.8 Å². The molecule has 0 saturated heterocycles. The summed E-state index contributed by atoms with van der Waals surface area (Å²) >= 11 is 12.4. The Morgan fingerprint density at radius 1 is 0.609 bits per heavy atom. The van der Waals surface area contributed by atoms with Gasteiger partial charge in [-0.25, -0.2) is 8.78 Å². The molecule has 2 amide bonds. The molecule has 346 valence electrons. The third-order valence-electron chi connectivity index (χ3n) is 7.82. The van der Waals surface area contributed by atoms with E-state index in [-0.39, 0.29) is 74.2 Å². The molecule has 4 aromatic rings. The number of hydrogen-bond donors (Lipinski definition) is 3. The van der Waals surface area contributed by atoms with E-state index >= 15 is 0 Å². The molecule has 0 radical (unpaired) electrons. The maximum atomic E-state index is 14.6. The van der Waals surface area contributed by atoms with Crippen LogP contribution in [-0.2, 0) is 31.9 Å². The average molecular weight is 932 g/mol. The number of esters is 2. The Morgan fingerprint density at radius 2 is 0.984 bits per heavy atom. The molecule has 0 aliphatic rings. The molecule has 0 unspecified atom stereocenters. The summed E-state index contributed by atoms with van der Waals surface area (Å²) in [7, 11) is 0. The first-order valence-electron chi connectivity index (χ1n) is 19.8. The van der Waals surface area contributed by atoms with E-state index in [2.05, 4.69) is 10.6 Å². The molecule has 18 heteroatoms. The summed E-state index contributed by atoms with van der Waals surface area (Å²) in [6, 6.07) is 12.7. The Balaban J connectivity index is 0.000000341. The molecule has 4 rings (SSSR count). The third-order valence-corrected chi connectivity index (χ3v) is 8.41. The highest BCUT2D eigenvalue weighted by Crippen LogP contribution is 2.38. The first-order valence-corrected chi connectivity index (χ1v) is 20.5. The summed E-state index contributed by atoms with van der Waals surface area (Å²) in [5.74, 6) is -3.58. The molecule has 64 heavy (non-hydrogen) atoms. The zero-order valence-corrected chi connectivity index (χ0v) is 39.3. The number of halogens is 4. The number of hydrogen-bond acceptors (Lipinski definition) is 11. The number of ether oxygens (including phenoxy) is 4. The maximum absolute atomic E-state index is 14.6. The van der Waals surface area contributed by atoms with Gasteiger partial charge < -0.3 is 35.3 Å². The molecular weight excluding hydrogens is 877 g/mol. The molecule has 0 spiro atoms. The zero-order valence-electron chi connectivity index (χ0n) is 37.8. The van der Waals surface area contributed by atoms with E-state index < -0.39 is 62.4 Å². The van der Waals surface area contributed by atoms with Crippen LogP contribution in [0.3, 0.4) is 0 Å². The van der Waals surface area contributed by atoms with E-state index in [0.29, 0.717) is 5.56 Å². The standard InChI is InChI=1S/C23H26ClFN2O6.C23H28ClFN2O4/c1-22(2,3)26-21(29)13-7-8-18(17(10-13)27(30)31)32-19-12-16(25)14(9-15(19)24)11-20(28)33-23(4,5)6;1-22(2,3)27-21(29)13-7-8-18(17(26)10-13)30-19-12-16(25)14(9-15(19)24)11-20(28)31-23(4,5)6/h7-10,12H,11H2,1-6H3,(H,26,29);7-10,12H,11,26H2,1-6H3,(H,27,29). The van der Waals surface area contributed by atoms with Crippen LogP contribution in [0.15, 0.2) is 60.7 Å². The summed E-state index contributed by atoms with van der Waals surface area (Å²) in [5.41, 5.74) is 3.89. The number of carbonyl (C=O) groups is 4. The number of nitro groups is 1. The summed E-state index contributed by atoms with van der Waals surface area (Å²) in [4.78, 5) is 59.4. The van der Waals surface area contributed by atoms with Gasteiger partial charge in [-0.2, -0.15) is 0 Å². The minimum absolute atomic E-state index is 0.00898. The lowest BCUT2D eigenvalue weighted by molar-refractivity contribution is -0.385. The van der Waals surface area contributed by atoms with E-state index in [0.717, 1.165) is 18.2 Å². The first kappa shape index (κ1) is 52.3. The van der Waals surface area contributed by atoms with E-state index in [4.69, 9.17) is 47.9 Å². The number of nitrogens with one attached hydrogen (secondary N) is 2. The lowest BCUT2D eigenvalue weighted by Gasteiger charge is -2.21. The van der Waals surface area contributed by atoms with Gasteiger partial charge in [0.05, 0.1) is 33.5 Å². The minimum Gasteiger partial charge on any atom is -0.460 e. The molecule has 0 fully saturated rings. The quantitative estimate of drug-likeness (QED) is 0.0560. The number of benzene rings is 4. The summed E-state index contributed by atoms with van der Waals surface area (Å²) in [6.45, 7) is 21.2. The van der Waals surface area contributed by atoms with Crippen LogP contribution in [0.2, 0.25) is 10.0 Å². The largest absolute Gasteiger partial charge is 0.460 e. The molecule has 4 N–H and O–H groups in total. The van der Waals surface area contributed by atoms with Gasteiger partial charge in [0.1, 0.15) is 40.1 Å². The fraction of sp³-hybridized carbons (Fsp3) is 0.391. The van der Waals surface area contributed by atoms with Crippen LogP contribution in [0.5, 0.6) is 23.0 Å². The second-order valence-electron chi connectivity index (χ2n) is 18.6. The van der Waals surface area contributed by atoms with Gasteiger partial charge in [-0.15, -0.1) is 0 Å². The highest BCUT2D eigenvalue weighted by molar-refractivity contribution is 6.32. The van der Waals surface area contributed by atoms with Gasteiger partial charge >= 0.3 is 17.6 Å². The second kappa shape index (κ2) is 20.7. The highest BCUT2D eigenvalue weighted by Gasteiger charge is 2.25. The SMILES string of the molecule is CC(C)(C)NC(=O)c1ccc(Oc2cc(F)c(CC(=O)OC(C)(C)C)cc2Cl)c(N)c1.CC(C)(C)NC(=O)c1ccc(Oc2cc(F)c(CC(=O)OC(C)(C)C)cc2Cl)c([N+](=O)[O-])c1. The molecule has 14 nitrogen and oxygen atoms in total. The van der Waals surface area contributed by atoms with Crippen molar-refractivity contribution in [3.05, 3.63) is 115 Å². The van der Waals surface area contributed by atoms with Gasteiger partial charge in [-0.05, 0) is 126 Å². The summed E-state index contributed by atoms with van der Waals surface area (Å²) < 4.78 is 50.6. The second-order valence-corrected chi connectivity index (χ2v) is 19.4. The fourth-order valence-corrected chi connectivity index (χ4v) is 5.82. The van der Waals surface area contributed by atoms with Crippen molar-refractivity contribution >= 4 is 58.3 Å². The number of nitrogens with zero attached hydrogens (tertiary/aromatic N) is 1. The lowest BCUT2D eigenvalue weighted by Crippen LogP contribution is -2.40. The number of anilines is 1. The van der Waals surface area contributed by atoms with Crippen molar-refractivity contribution in [1.29, 1.82) is 0 Å². The van der Waals surface area contributed by atoms with Crippen LogP contribution < -0.4 is 25.8 Å². The number of nitro benzene ring substituents is 1. The third kappa shape index (κ3) is 16.9.